The van der Waals surface area contributed by atoms with Gasteiger partial charge < -0.3 is 10.5 Å². The van der Waals surface area contributed by atoms with Crippen LogP contribution >= 0.6 is 23.2 Å². The van der Waals surface area contributed by atoms with Gasteiger partial charge in [-0.25, -0.2) is 9.59 Å². The Kier molecular flexibility index (Phi) is 5.14. The number of amides is 3. The molecule has 1 rings (SSSR count). The lowest BCUT2D eigenvalue weighted by molar-refractivity contribution is -0.127. The standard InChI is InChI=1S/C11H10Cl2N2O4/c1-5(9(16)15-11(14)18)19-10(17)7-4-6(12)2-3-8(7)13/h2-5H,1H3,(H3,14,15,16,18)/t5-/m0/s1. The van der Waals surface area contributed by atoms with Crippen molar-refractivity contribution < 1.29 is 19.1 Å². The van der Waals surface area contributed by atoms with Gasteiger partial charge in [0.25, 0.3) is 5.91 Å². The number of urea groups is 1. The van der Waals surface area contributed by atoms with Crippen LogP contribution in [0.2, 0.25) is 10.0 Å². The Labute approximate surface area is 118 Å². The van der Waals surface area contributed by atoms with E-state index in [9.17, 15) is 14.4 Å². The Bertz CT molecular complexity index is 533. The van der Waals surface area contributed by atoms with Crippen molar-refractivity contribution in [3.8, 4) is 0 Å². The quantitative estimate of drug-likeness (QED) is 0.831. The zero-order valence-corrected chi connectivity index (χ0v) is 11.3. The van der Waals surface area contributed by atoms with E-state index < -0.39 is 24.0 Å². The molecular weight excluding hydrogens is 295 g/mol. The van der Waals surface area contributed by atoms with Gasteiger partial charge in [-0.3, -0.25) is 10.1 Å². The normalized spacial score (nSPS) is 11.5. The summed E-state index contributed by atoms with van der Waals surface area (Å²) in [6, 6.07) is 3.21. The summed E-state index contributed by atoms with van der Waals surface area (Å²) in [6.07, 6.45) is -1.20. The predicted octanol–water partition coefficient (Wildman–Crippen LogP) is 1.73. The number of imide groups is 1. The highest BCUT2D eigenvalue weighted by Gasteiger charge is 2.21. The molecule has 19 heavy (non-hydrogen) atoms. The molecule has 0 spiro atoms. The molecule has 0 fully saturated rings. The highest BCUT2D eigenvalue weighted by molar-refractivity contribution is 6.35. The van der Waals surface area contributed by atoms with Gasteiger partial charge in [0.1, 0.15) is 0 Å². The maximum Gasteiger partial charge on any atom is 0.340 e. The zero-order chi connectivity index (χ0) is 14.6. The van der Waals surface area contributed by atoms with E-state index in [1.807, 2.05) is 0 Å². The molecule has 0 aliphatic heterocycles. The maximum absolute atomic E-state index is 11.8. The number of carbonyl (C=O) groups excluding carboxylic acids is 3. The summed E-state index contributed by atoms with van der Waals surface area (Å²) < 4.78 is 4.83. The molecule has 3 amide bonds. The first-order valence-electron chi connectivity index (χ1n) is 5.07. The number of nitrogens with two attached hydrogens (primary N) is 1. The van der Waals surface area contributed by atoms with Crippen molar-refractivity contribution in [3.63, 3.8) is 0 Å². The fourth-order valence-electron chi connectivity index (χ4n) is 1.15. The van der Waals surface area contributed by atoms with Crippen molar-refractivity contribution >= 4 is 41.1 Å². The van der Waals surface area contributed by atoms with Crippen molar-refractivity contribution in [1.29, 1.82) is 0 Å². The first-order chi connectivity index (χ1) is 8.81. The summed E-state index contributed by atoms with van der Waals surface area (Å²) in [4.78, 5) is 33.6. The minimum atomic E-state index is -1.20. The van der Waals surface area contributed by atoms with Crippen LogP contribution in [0.5, 0.6) is 0 Å². The van der Waals surface area contributed by atoms with Crippen LogP contribution in [0, 0.1) is 0 Å². The first kappa shape index (κ1) is 15.3. The highest BCUT2D eigenvalue weighted by atomic mass is 35.5. The third-order valence-electron chi connectivity index (χ3n) is 2.05. The summed E-state index contributed by atoms with van der Waals surface area (Å²) in [5.41, 5.74) is 4.79. The number of primary amides is 1. The van der Waals surface area contributed by atoms with Crippen LogP contribution in [0.1, 0.15) is 17.3 Å². The van der Waals surface area contributed by atoms with E-state index >= 15 is 0 Å². The summed E-state index contributed by atoms with van der Waals surface area (Å²) in [7, 11) is 0. The second-order valence-electron chi connectivity index (χ2n) is 3.53. The molecule has 0 radical (unpaired) electrons. The number of rotatable bonds is 3. The summed E-state index contributed by atoms with van der Waals surface area (Å²) in [5.74, 6) is -1.67. The zero-order valence-electron chi connectivity index (χ0n) is 9.78. The predicted molar refractivity (Wildman–Crippen MR) is 69.1 cm³/mol. The number of esters is 1. The van der Waals surface area contributed by atoms with Crippen LogP contribution in [-0.4, -0.2) is 24.0 Å². The van der Waals surface area contributed by atoms with Crippen LogP contribution < -0.4 is 11.1 Å². The molecule has 1 aromatic rings. The van der Waals surface area contributed by atoms with Gasteiger partial charge in [-0.05, 0) is 25.1 Å². The van der Waals surface area contributed by atoms with E-state index in [1.54, 1.807) is 5.32 Å². The van der Waals surface area contributed by atoms with Crippen LogP contribution in [-0.2, 0) is 9.53 Å². The topological polar surface area (TPSA) is 98.5 Å². The molecule has 1 atom stereocenters. The molecule has 0 saturated carbocycles. The summed E-state index contributed by atoms with van der Waals surface area (Å²) in [6.45, 7) is 1.29. The molecule has 102 valence electrons. The third kappa shape index (κ3) is 4.42. The average molecular weight is 305 g/mol. The van der Waals surface area contributed by atoms with Crippen molar-refractivity contribution in [3.05, 3.63) is 33.8 Å². The van der Waals surface area contributed by atoms with Crippen molar-refractivity contribution in [2.24, 2.45) is 5.73 Å². The lowest BCUT2D eigenvalue weighted by Gasteiger charge is -2.12. The number of hydrogen-bond acceptors (Lipinski definition) is 4. The molecule has 0 bridgehead atoms. The second-order valence-corrected chi connectivity index (χ2v) is 4.37. The van der Waals surface area contributed by atoms with Crippen LogP contribution in [0.25, 0.3) is 0 Å². The van der Waals surface area contributed by atoms with Gasteiger partial charge in [-0.15, -0.1) is 0 Å². The SMILES string of the molecule is C[C@H](OC(=O)c1cc(Cl)ccc1Cl)C(=O)NC(N)=O. The molecule has 0 aliphatic carbocycles. The lowest BCUT2D eigenvalue weighted by Crippen LogP contribution is -2.42. The van der Waals surface area contributed by atoms with Crippen molar-refractivity contribution in [2.45, 2.75) is 13.0 Å². The molecule has 0 aromatic heterocycles. The Hall–Kier alpha value is -1.79. The van der Waals surface area contributed by atoms with Gasteiger partial charge in [0.2, 0.25) is 0 Å². The smallest absolute Gasteiger partial charge is 0.340 e. The third-order valence-corrected chi connectivity index (χ3v) is 2.61. The number of benzene rings is 1. The van der Waals surface area contributed by atoms with Crippen LogP contribution in [0.15, 0.2) is 18.2 Å². The van der Waals surface area contributed by atoms with E-state index in [0.717, 1.165) is 0 Å². The largest absolute Gasteiger partial charge is 0.449 e. The minimum absolute atomic E-state index is 0.0212. The number of halogens is 2. The average Bonchev–Trinajstić information content (AvgIpc) is 2.31. The second kappa shape index (κ2) is 6.40. The minimum Gasteiger partial charge on any atom is -0.449 e. The first-order valence-corrected chi connectivity index (χ1v) is 5.83. The van der Waals surface area contributed by atoms with Crippen LogP contribution in [0.3, 0.4) is 0 Å². The monoisotopic (exact) mass is 304 g/mol. The molecule has 8 heteroatoms. The molecule has 0 heterocycles. The molecule has 3 N–H and O–H groups in total. The number of ether oxygens (including phenoxy) is 1. The Morgan fingerprint density at radius 3 is 2.53 bits per heavy atom. The number of nitrogens with one attached hydrogen (secondary N) is 1. The van der Waals surface area contributed by atoms with E-state index in [4.69, 9.17) is 33.7 Å². The molecule has 6 nitrogen and oxygen atoms in total. The van der Waals surface area contributed by atoms with Gasteiger partial charge in [0, 0.05) is 5.02 Å². The lowest BCUT2D eigenvalue weighted by atomic mass is 10.2. The summed E-state index contributed by atoms with van der Waals surface area (Å²) in [5, 5.41) is 2.22. The molecule has 0 aliphatic rings. The fraction of sp³-hybridized carbons (Fsp3) is 0.182. The fourth-order valence-corrected chi connectivity index (χ4v) is 1.52. The molecule has 0 saturated heterocycles. The molecular formula is C11H10Cl2N2O4. The van der Waals surface area contributed by atoms with Gasteiger partial charge >= 0.3 is 12.0 Å². The maximum atomic E-state index is 11.8. The molecule has 0 unspecified atom stereocenters. The Morgan fingerprint density at radius 2 is 1.95 bits per heavy atom. The Balaban J connectivity index is 2.77. The summed E-state index contributed by atoms with van der Waals surface area (Å²) >= 11 is 11.5. The van der Waals surface area contributed by atoms with Crippen molar-refractivity contribution in [2.75, 3.05) is 0 Å². The van der Waals surface area contributed by atoms with E-state index in [2.05, 4.69) is 0 Å². The number of hydrogen-bond donors (Lipinski definition) is 2. The highest BCUT2D eigenvalue weighted by Crippen LogP contribution is 2.21. The van der Waals surface area contributed by atoms with Crippen molar-refractivity contribution in [1.82, 2.24) is 5.32 Å². The Morgan fingerprint density at radius 1 is 1.32 bits per heavy atom. The van der Waals surface area contributed by atoms with Crippen LogP contribution in [0.4, 0.5) is 4.79 Å². The van der Waals surface area contributed by atoms with E-state index in [0.29, 0.717) is 5.02 Å². The van der Waals surface area contributed by atoms with E-state index in [1.165, 1.54) is 25.1 Å². The van der Waals surface area contributed by atoms with Gasteiger partial charge in [0.15, 0.2) is 6.10 Å². The van der Waals surface area contributed by atoms with E-state index in [-0.39, 0.29) is 10.6 Å². The van der Waals surface area contributed by atoms with Gasteiger partial charge in [-0.2, -0.15) is 0 Å². The number of carbonyl (C=O) groups is 3. The van der Waals surface area contributed by atoms with Gasteiger partial charge in [0.05, 0.1) is 10.6 Å². The molecule has 1 aromatic carbocycles. The van der Waals surface area contributed by atoms with Gasteiger partial charge in [-0.1, -0.05) is 23.2 Å².